The smallest absolute Gasteiger partial charge is 0.0921 e. The zero-order valence-corrected chi connectivity index (χ0v) is 6.90. The summed E-state index contributed by atoms with van der Waals surface area (Å²) in [6.45, 7) is 0.00188. The first kappa shape index (κ1) is 9.19. The number of rotatable bonds is 3. The summed E-state index contributed by atoms with van der Waals surface area (Å²) >= 11 is 0. The van der Waals surface area contributed by atoms with Crippen molar-refractivity contribution in [3.63, 3.8) is 0 Å². The van der Waals surface area contributed by atoms with Crippen molar-refractivity contribution in [3.8, 4) is 0 Å². The van der Waals surface area contributed by atoms with E-state index in [0.29, 0.717) is 6.42 Å². The fraction of sp³-hybridized carbons (Fsp3) is 0.333. The maximum absolute atomic E-state index is 8.70. The Morgan fingerprint density at radius 2 is 1.75 bits per heavy atom. The van der Waals surface area contributed by atoms with Crippen molar-refractivity contribution in [2.75, 3.05) is 6.61 Å². The first-order valence-corrected chi connectivity index (χ1v) is 3.91. The molecule has 5 N–H and O–H groups in total. The van der Waals surface area contributed by atoms with Gasteiger partial charge in [-0.1, -0.05) is 30.3 Å². The van der Waals surface area contributed by atoms with E-state index in [1.54, 1.807) is 0 Å². The average Bonchev–Trinajstić information content (AvgIpc) is 2.06. The Balaban J connectivity index is 2.82. The molecule has 3 heteroatoms. The second kappa shape index (κ2) is 3.67. The van der Waals surface area contributed by atoms with Crippen LogP contribution in [-0.4, -0.2) is 11.7 Å². The molecule has 12 heavy (non-hydrogen) atoms. The lowest BCUT2D eigenvalue weighted by Gasteiger charge is -2.23. The minimum absolute atomic E-state index is 0.00188. The highest BCUT2D eigenvalue weighted by Crippen LogP contribution is 2.14. The van der Waals surface area contributed by atoms with Crippen molar-refractivity contribution in [1.82, 2.24) is 0 Å². The van der Waals surface area contributed by atoms with Crippen LogP contribution in [-0.2, 0) is 5.66 Å². The molecule has 0 heterocycles. The molecule has 0 saturated carbocycles. The predicted octanol–water partition coefficient (Wildman–Crippen LogP) is 0.139. The Morgan fingerprint density at radius 1 is 1.17 bits per heavy atom. The molecule has 66 valence electrons. The lowest BCUT2D eigenvalue weighted by molar-refractivity contribution is 0.241. The van der Waals surface area contributed by atoms with Gasteiger partial charge >= 0.3 is 0 Å². The summed E-state index contributed by atoms with van der Waals surface area (Å²) in [7, 11) is 0. The summed E-state index contributed by atoms with van der Waals surface area (Å²) in [6, 6.07) is 9.37. The fourth-order valence-electron chi connectivity index (χ4n) is 1.08. The summed E-state index contributed by atoms with van der Waals surface area (Å²) < 4.78 is 0. The molecule has 0 aliphatic rings. The van der Waals surface area contributed by atoms with E-state index in [-0.39, 0.29) is 6.61 Å². The molecule has 3 nitrogen and oxygen atoms in total. The molecule has 0 unspecified atom stereocenters. The van der Waals surface area contributed by atoms with E-state index in [9.17, 15) is 0 Å². The van der Waals surface area contributed by atoms with Crippen LogP contribution in [0.1, 0.15) is 12.0 Å². The van der Waals surface area contributed by atoms with Crippen molar-refractivity contribution in [1.29, 1.82) is 0 Å². The lowest BCUT2D eigenvalue weighted by atomic mass is 9.98. The quantitative estimate of drug-likeness (QED) is 0.559. The van der Waals surface area contributed by atoms with Gasteiger partial charge in [0.1, 0.15) is 0 Å². The normalized spacial score (nSPS) is 11.6. The molecule has 1 aromatic rings. The van der Waals surface area contributed by atoms with Gasteiger partial charge in [0.05, 0.1) is 5.66 Å². The van der Waals surface area contributed by atoms with Crippen molar-refractivity contribution in [3.05, 3.63) is 35.9 Å². The molecular formula is C9H14N2O. The second-order valence-electron chi connectivity index (χ2n) is 2.88. The molecule has 1 rings (SSSR count). The summed E-state index contributed by atoms with van der Waals surface area (Å²) in [5.74, 6) is 0. The molecule has 0 radical (unpaired) electrons. The van der Waals surface area contributed by atoms with E-state index in [1.165, 1.54) is 0 Å². The summed E-state index contributed by atoms with van der Waals surface area (Å²) in [4.78, 5) is 0. The highest BCUT2D eigenvalue weighted by molar-refractivity contribution is 5.22. The van der Waals surface area contributed by atoms with Crippen LogP contribution in [0.3, 0.4) is 0 Å². The maximum Gasteiger partial charge on any atom is 0.0921 e. The molecule has 0 saturated heterocycles. The third-order valence-corrected chi connectivity index (χ3v) is 1.84. The van der Waals surface area contributed by atoms with E-state index >= 15 is 0 Å². The highest BCUT2D eigenvalue weighted by Gasteiger charge is 2.19. The third-order valence-electron chi connectivity index (χ3n) is 1.84. The molecule has 1 aromatic carbocycles. The minimum atomic E-state index is -0.907. The summed E-state index contributed by atoms with van der Waals surface area (Å²) in [5, 5.41) is 8.70. The molecule has 0 amide bonds. The predicted molar refractivity (Wildman–Crippen MR) is 48.2 cm³/mol. The number of aliphatic hydroxyl groups is 1. The van der Waals surface area contributed by atoms with Gasteiger partial charge in [0, 0.05) is 13.0 Å². The van der Waals surface area contributed by atoms with E-state index < -0.39 is 5.66 Å². The Labute approximate surface area is 72.0 Å². The molecule has 0 aliphatic carbocycles. The van der Waals surface area contributed by atoms with Crippen LogP contribution in [0.25, 0.3) is 0 Å². The van der Waals surface area contributed by atoms with Gasteiger partial charge in [0.2, 0.25) is 0 Å². The molecule has 0 spiro atoms. The Bertz CT molecular complexity index is 234. The zero-order chi connectivity index (χ0) is 9.03. The number of aliphatic hydroxyl groups excluding tert-OH is 1. The lowest BCUT2D eigenvalue weighted by Crippen LogP contribution is -2.46. The molecule has 0 bridgehead atoms. The van der Waals surface area contributed by atoms with Gasteiger partial charge in [-0.3, -0.25) is 0 Å². The fourth-order valence-corrected chi connectivity index (χ4v) is 1.08. The molecular weight excluding hydrogens is 152 g/mol. The molecule has 0 atom stereocenters. The van der Waals surface area contributed by atoms with Gasteiger partial charge in [-0.25, -0.2) is 0 Å². The Kier molecular flexibility index (Phi) is 2.81. The van der Waals surface area contributed by atoms with E-state index in [4.69, 9.17) is 16.6 Å². The molecule has 0 aliphatic heterocycles. The van der Waals surface area contributed by atoms with Crippen LogP contribution in [0.5, 0.6) is 0 Å². The van der Waals surface area contributed by atoms with Crippen LogP contribution in [0.2, 0.25) is 0 Å². The maximum atomic E-state index is 8.70. The van der Waals surface area contributed by atoms with Crippen LogP contribution in [0, 0.1) is 0 Å². The van der Waals surface area contributed by atoms with Crippen molar-refractivity contribution >= 4 is 0 Å². The Hall–Kier alpha value is -0.900. The van der Waals surface area contributed by atoms with Gasteiger partial charge < -0.3 is 16.6 Å². The summed E-state index contributed by atoms with van der Waals surface area (Å²) in [5.41, 5.74) is 11.5. The third kappa shape index (κ3) is 2.04. The van der Waals surface area contributed by atoms with Crippen molar-refractivity contribution in [2.24, 2.45) is 11.5 Å². The van der Waals surface area contributed by atoms with Gasteiger partial charge in [-0.05, 0) is 5.56 Å². The number of hydrogen-bond acceptors (Lipinski definition) is 3. The van der Waals surface area contributed by atoms with Crippen LogP contribution in [0.4, 0.5) is 0 Å². The number of benzene rings is 1. The van der Waals surface area contributed by atoms with Gasteiger partial charge in [-0.2, -0.15) is 0 Å². The van der Waals surface area contributed by atoms with E-state index in [0.717, 1.165) is 5.56 Å². The zero-order valence-electron chi connectivity index (χ0n) is 6.90. The number of nitrogens with two attached hydrogens (primary N) is 2. The van der Waals surface area contributed by atoms with Crippen LogP contribution < -0.4 is 11.5 Å². The van der Waals surface area contributed by atoms with Crippen molar-refractivity contribution in [2.45, 2.75) is 12.1 Å². The largest absolute Gasteiger partial charge is 0.396 e. The van der Waals surface area contributed by atoms with E-state index in [1.807, 2.05) is 30.3 Å². The van der Waals surface area contributed by atoms with Gasteiger partial charge in [0.15, 0.2) is 0 Å². The van der Waals surface area contributed by atoms with E-state index in [2.05, 4.69) is 0 Å². The monoisotopic (exact) mass is 166 g/mol. The van der Waals surface area contributed by atoms with Gasteiger partial charge in [-0.15, -0.1) is 0 Å². The van der Waals surface area contributed by atoms with Crippen LogP contribution in [0.15, 0.2) is 30.3 Å². The summed E-state index contributed by atoms with van der Waals surface area (Å²) in [6.07, 6.45) is 0.372. The Morgan fingerprint density at radius 3 is 2.25 bits per heavy atom. The van der Waals surface area contributed by atoms with Crippen LogP contribution >= 0.6 is 0 Å². The second-order valence-corrected chi connectivity index (χ2v) is 2.88. The first-order chi connectivity index (χ1) is 5.67. The minimum Gasteiger partial charge on any atom is -0.396 e. The highest BCUT2D eigenvalue weighted by atomic mass is 16.3. The standard InChI is InChI=1S/C9H14N2O/c10-9(11,6-7-12)8-4-2-1-3-5-8/h1-5,12H,6-7,10-11H2. The average molecular weight is 166 g/mol. The molecule has 0 aromatic heterocycles. The topological polar surface area (TPSA) is 72.3 Å². The van der Waals surface area contributed by atoms with Gasteiger partial charge in [0.25, 0.3) is 0 Å². The number of hydrogen-bond donors (Lipinski definition) is 3. The SMILES string of the molecule is NC(N)(CCO)c1ccccc1. The van der Waals surface area contributed by atoms with Crippen molar-refractivity contribution < 1.29 is 5.11 Å². The molecule has 0 fully saturated rings. The first-order valence-electron chi connectivity index (χ1n) is 3.91.